The van der Waals surface area contributed by atoms with E-state index < -0.39 is 17.7 Å². The number of methoxy groups -OCH3 is 2. The minimum absolute atomic E-state index is 0.0841. The van der Waals surface area contributed by atoms with Crippen molar-refractivity contribution in [1.29, 1.82) is 0 Å². The minimum Gasteiger partial charge on any atom is -0.507 e. The summed E-state index contributed by atoms with van der Waals surface area (Å²) in [6.45, 7) is 5.81. The lowest BCUT2D eigenvalue weighted by atomic mass is 9.90. The lowest BCUT2D eigenvalue weighted by Crippen LogP contribution is -2.29. The molecule has 1 aliphatic rings. The van der Waals surface area contributed by atoms with E-state index in [1.165, 1.54) is 18.1 Å². The minimum atomic E-state index is -1.03. The summed E-state index contributed by atoms with van der Waals surface area (Å²) in [6.07, 6.45) is 0. The molecule has 7 nitrogen and oxygen atoms in total. The predicted octanol–water partition coefficient (Wildman–Crippen LogP) is 5.47. The Morgan fingerprint density at radius 2 is 1.58 bits per heavy atom. The van der Waals surface area contributed by atoms with Gasteiger partial charge < -0.3 is 19.7 Å². The van der Waals surface area contributed by atoms with Crippen LogP contribution in [0.4, 0.5) is 5.69 Å². The highest BCUT2D eigenvalue weighted by molar-refractivity contribution is 6.52. The van der Waals surface area contributed by atoms with Crippen molar-refractivity contribution in [1.82, 2.24) is 0 Å². The maximum atomic E-state index is 13.5. The van der Waals surface area contributed by atoms with Crippen molar-refractivity contribution in [3.63, 3.8) is 0 Å². The van der Waals surface area contributed by atoms with Gasteiger partial charge in [0.1, 0.15) is 23.0 Å². The van der Waals surface area contributed by atoms with Gasteiger partial charge >= 0.3 is 0 Å². The number of amides is 1. The number of benzene rings is 3. The second-order valence-corrected chi connectivity index (χ2v) is 8.96. The van der Waals surface area contributed by atoms with Crippen molar-refractivity contribution in [2.45, 2.75) is 32.7 Å². The quantitative estimate of drug-likeness (QED) is 0.272. The molecule has 1 saturated heterocycles. The van der Waals surface area contributed by atoms with Crippen molar-refractivity contribution in [2.24, 2.45) is 0 Å². The van der Waals surface area contributed by atoms with E-state index in [1.807, 2.05) is 19.9 Å². The average molecular weight is 488 g/mol. The summed E-state index contributed by atoms with van der Waals surface area (Å²) in [5.41, 5.74) is 2.53. The lowest BCUT2D eigenvalue weighted by Gasteiger charge is -2.27. The van der Waals surface area contributed by atoms with Gasteiger partial charge in [-0.3, -0.25) is 14.5 Å². The smallest absolute Gasteiger partial charge is 0.300 e. The number of carbonyl (C=O) groups is 2. The van der Waals surface area contributed by atoms with Crippen LogP contribution in [0.5, 0.6) is 17.2 Å². The summed E-state index contributed by atoms with van der Waals surface area (Å²) in [6, 6.07) is 15.8. The third-order valence-electron chi connectivity index (χ3n) is 6.47. The number of phenolic OH excluding ortho intramolecular Hbond substituents is 1. The van der Waals surface area contributed by atoms with Crippen molar-refractivity contribution in [2.75, 3.05) is 19.1 Å². The van der Waals surface area contributed by atoms with E-state index in [4.69, 9.17) is 9.47 Å². The van der Waals surface area contributed by atoms with Gasteiger partial charge in [0.15, 0.2) is 0 Å². The van der Waals surface area contributed by atoms with Gasteiger partial charge in [-0.2, -0.15) is 0 Å². The van der Waals surface area contributed by atoms with Gasteiger partial charge in [-0.15, -0.1) is 0 Å². The number of anilines is 1. The fraction of sp³-hybridized carbons (Fsp3) is 0.241. The summed E-state index contributed by atoms with van der Waals surface area (Å²) in [4.78, 5) is 28.1. The second-order valence-electron chi connectivity index (χ2n) is 8.96. The van der Waals surface area contributed by atoms with Crippen LogP contribution in [0.2, 0.25) is 0 Å². The van der Waals surface area contributed by atoms with Crippen molar-refractivity contribution in [3.05, 3.63) is 88.5 Å². The van der Waals surface area contributed by atoms with Gasteiger partial charge in [-0.05, 0) is 54.3 Å². The van der Waals surface area contributed by atoms with E-state index in [0.717, 1.165) is 5.56 Å². The molecule has 0 aromatic heterocycles. The van der Waals surface area contributed by atoms with Crippen LogP contribution < -0.4 is 14.4 Å². The number of aliphatic hydroxyl groups excluding tert-OH is 1. The topological polar surface area (TPSA) is 96.3 Å². The van der Waals surface area contributed by atoms with Crippen LogP contribution in [-0.4, -0.2) is 36.1 Å². The van der Waals surface area contributed by atoms with E-state index in [9.17, 15) is 19.8 Å². The normalized spacial score (nSPS) is 17.1. The maximum absolute atomic E-state index is 13.5. The van der Waals surface area contributed by atoms with Crippen LogP contribution in [-0.2, 0) is 9.59 Å². The van der Waals surface area contributed by atoms with Crippen molar-refractivity contribution >= 4 is 23.1 Å². The molecular weight excluding hydrogens is 458 g/mol. The zero-order valence-electron chi connectivity index (χ0n) is 20.9. The number of nitrogens with zero attached hydrogens (tertiary/aromatic N) is 1. The molecule has 1 amide bonds. The Labute approximate surface area is 210 Å². The van der Waals surface area contributed by atoms with Gasteiger partial charge in [-0.25, -0.2) is 0 Å². The molecule has 1 fully saturated rings. The highest BCUT2D eigenvalue weighted by Gasteiger charge is 2.48. The number of aliphatic hydroxyl groups is 1. The Morgan fingerprint density at radius 3 is 2.22 bits per heavy atom. The first kappa shape index (κ1) is 24.9. The molecule has 0 saturated carbocycles. The number of ketones is 1. The summed E-state index contributed by atoms with van der Waals surface area (Å²) in [7, 11) is 3.08. The molecule has 0 radical (unpaired) electrons. The molecule has 0 aliphatic carbocycles. The SMILES string of the molecule is COc1cc(C)c(/C(O)=C2\C(=O)C(=O)N(c3ccccc3O)C2c2ccccc2OC)cc1C(C)C. The number of aromatic hydroxyl groups is 1. The van der Waals surface area contributed by atoms with E-state index in [1.54, 1.807) is 62.6 Å². The number of rotatable bonds is 6. The zero-order chi connectivity index (χ0) is 26.1. The maximum Gasteiger partial charge on any atom is 0.300 e. The number of hydrogen-bond acceptors (Lipinski definition) is 6. The van der Waals surface area contributed by atoms with E-state index in [-0.39, 0.29) is 28.7 Å². The second kappa shape index (κ2) is 9.77. The molecule has 7 heteroatoms. The molecule has 0 spiro atoms. The van der Waals surface area contributed by atoms with Gasteiger partial charge in [0.2, 0.25) is 0 Å². The van der Waals surface area contributed by atoms with Crippen molar-refractivity contribution < 1.29 is 29.3 Å². The predicted molar refractivity (Wildman–Crippen MR) is 138 cm³/mol. The molecule has 3 aromatic carbocycles. The molecule has 1 unspecified atom stereocenters. The Kier molecular flexibility index (Phi) is 6.75. The number of para-hydroxylation sites is 3. The number of hydrogen-bond donors (Lipinski definition) is 2. The third kappa shape index (κ3) is 4.06. The van der Waals surface area contributed by atoms with Crippen LogP contribution in [0, 0.1) is 6.92 Å². The van der Waals surface area contributed by atoms with Crippen LogP contribution in [0.15, 0.2) is 66.2 Å². The lowest BCUT2D eigenvalue weighted by molar-refractivity contribution is -0.132. The van der Waals surface area contributed by atoms with E-state index >= 15 is 0 Å². The Balaban J connectivity index is 2.04. The van der Waals surface area contributed by atoms with Gasteiger partial charge in [0, 0.05) is 11.1 Å². The Hall–Kier alpha value is -4.26. The number of aryl methyl sites for hydroxylation is 1. The average Bonchev–Trinajstić information content (AvgIpc) is 3.13. The zero-order valence-corrected chi connectivity index (χ0v) is 20.9. The first-order valence-electron chi connectivity index (χ1n) is 11.6. The van der Waals surface area contributed by atoms with Crippen LogP contribution >= 0.6 is 0 Å². The highest BCUT2D eigenvalue weighted by atomic mass is 16.5. The van der Waals surface area contributed by atoms with Crippen LogP contribution in [0.25, 0.3) is 5.76 Å². The van der Waals surface area contributed by atoms with Gasteiger partial charge in [0.05, 0.1) is 31.5 Å². The fourth-order valence-corrected chi connectivity index (χ4v) is 4.66. The Bertz CT molecular complexity index is 1370. The standard InChI is InChI=1S/C29H29NO6/c1-16(2)19-15-20(17(3)14-24(19)36-5)27(32)25-26(18-10-6-9-13-23(18)35-4)30(29(34)28(25)33)21-11-7-8-12-22(21)31/h6-16,26,31-32H,1-5H3/b27-25+. The molecule has 0 bridgehead atoms. The Morgan fingerprint density at radius 1 is 0.944 bits per heavy atom. The molecule has 4 rings (SSSR count). The largest absolute Gasteiger partial charge is 0.507 e. The molecule has 1 heterocycles. The molecule has 1 aliphatic heterocycles. The van der Waals surface area contributed by atoms with E-state index in [0.29, 0.717) is 28.2 Å². The van der Waals surface area contributed by atoms with Gasteiger partial charge in [-0.1, -0.05) is 44.2 Å². The first-order valence-corrected chi connectivity index (χ1v) is 11.6. The highest BCUT2D eigenvalue weighted by Crippen LogP contribution is 2.47. The first-order chi connectivity index (χ1) is 17.2. The monoisotopic (exact) mass is 487 g/mol. The molecule has 36 heavy (non-hydrogen) atoms. The summed E-state index contributed by atoms with van der Waals surface area (Å²) in [5.74, 6) is -0.982. The molecule has 1 atom stereocenters. The molecule has 2 N–H and O–H groups in total. The van der Waals surface area contributed by atoms with Crippen LogP contribution in [0.3, 0.4) is 0 Å². The molecule has 3 aromatic rings. The summed E-state index contributed by atoms with van der Waals surface area (Å²) in [5, 5.41) is 22.2. The number of carbonyl (C=O) groups excluding carboxylic acids is 2. The number of ether oxygens (including phenoxy) is 2. The number of Topliss-reactive ketones (excluding diaryl/α,β-unsaturated/α-hetero) is 1. The third-order valence-corrected chi connectivity index (χ3v) is 6.47. The summed E-state index contributed by atoms with van der Waals surface area (Å²) < 4.78 is 11.1. The number of phenols is 1. The van der Waals surface area contributed by atoms with Crippen LogP contribution in [0.1, 0.15) is 48.1 Å². The molecule has 186 valence electrons. The van der Waals surface area contributed by atoms with Crippen molar-refractivity contribution in [3.8, 4) is 17.2 Å². The molecular formula is C29H29NO6. The van der Waals surface area contributed by atoms with E-state index in [2.05, 4.69) is 0 Å². The summed E-state index contributed by atoms with van der Waals surface area (Å²) >= 11 is 0. The fourth-order valence-electron chi connectivity index (χ4n) is 4.66. The van der Waals surface area contributed by atoms with Gasteiger partial charge in [0.25, 0.3) is 11.7 Å².